The largest absolute Gasteiger partial charge is 0.495 e. The smallest absolute Gasteiger partial charge is 0.244 e. The molecule has 0 aliphatic carbocycles. The molecule has 0 atom stereocenters. The minimum Gasteiger partial charge on any atom is -0.495 e. The molecule has 5 nitrogen and oxygen atoms in total. The van der Waals surface area contributed by atoms with E-state index in [0.29, 0.717) is 11.3 Å². The van der Waals surface area contributed by atoms with Crippen molar-refractivity contribution in [3.05, 3.63) is 23.8 Å². The minimum absolute atomic E-state index is 0.0979. The maximum atomic E-state index is 12.5. The fourth-order valence-corrected chi connectivity index (χ4v) is 3.45. The lowest BCUT2D eigenvalue weighted by atomic mass is 10.2. The normalized spacial score (nSPS) is 11.1. The van der Waals surface area contributed by atoms with E-state index in [1.165, 1.54) is 13.2 Å². The average molecular weight is 310 g/mol. The van der Waals surface area contributed by atoms with Gasteiger partial charge in [-0.1, -0.05) is 25.7 Å². The summed E-state index contributed by atoms with van der Waals surface area (Å²) in [6.07, 6.45) is 1.45. The minimum atomic E-state index is -3.65. The Balaban J connectivity index is 3.25. The fraction of sp³-hybridized carbons (Fsp3) is 0.467. The Labute approximate surface area is 126 Å². The SMILES string of the molecule is CCC(CC)NS(=O)(=O)c1cc(C#CCN)ccc1OC. The van der Waals surface area contributed by atoms with Crippen molar-refractivity contribution in [1.29, 1.82) is 0 Å². The zero-order valence-corrected chi connectivity index (χ0v) is 13.5. The van der Waals surface area contributed by atoms with Gasteiger partial charge in [0.05, 0.1) is 13.7 Å². The maximum absolute atomic E-state index is 12.5. The lowest BCUT2D eigenvalue weighted by molar-refractivity contribution is 0.401. The molecule has 0 spiro atoms. The van der Waals surface area contributed by atoms with Crippen LogP contribution in [0, 0.1) is 11.8 Å². The molecule has 0 aliphatic heterocycles. The van der Waals surface area contributed by atoms with Gasteiger partial charge >= 0.3 is 0 Å². The number of rotatable bonds is 6. The summed E-state index contributed by atoms with van der Waals surface area (Å²) < 4.78 is 32.8. The van der Waals surface area contributed by atoms with E-state index in [2.05, 4.69) is 16.6 Å². The highest BCUT2D eigenvalue weighted by Gasteiger charge is 2.22. The summed E-state index contributed by atoms with van der Waals surface area (Å²) in [7, 11) is -2.21. The number of hydrogen-bond acceptors (Lipinski definition) is 4. The zero-order valence-electron chi connectivity index (χ0n) is 12.6. The molecule has 21 heavy (non-hydrogen) atoms. The van der Waals surface area contributed by atoms with Gasteiger partial charge in [-0.2, -0.15) is 0 Å². The molecule has 0 amide bonds. The Morgan fingerprint density at radius 3 is 2.52 bits per heavy atom. The van der Waals surface area contributed by atoms with E-state index >= 15 is 0 Å². The van der Waals surface area contributed by atoms with Crippen molar-refractivity contribution < 1.29 is 13.2 Å². The average Bonchev–Trinajstić information content (AvgIpc) is 2.50. The third kappa shape index (κ3) is 4.74. The van der Waals surface area contributed by atoms with E-state index in [0.717, 1.165) is 12.8 Å². The molecule has 0 saturated heterocycles. The molecule has 0 aromatic heterocycles. The lowest BCUT2D eigenvalue weighted by Crippen LogP contribution is -2.34. The van der Waals surface area contributed by atoms with Gasteiger partial charge in [0.2, 0.25) is 10.0 Å². The summed E-state index contributed by atoms with van der Waals surface area (Å²) in [5.74, 6) is 5.83. The maximum Gasteiger partial charge on any atom is 0.244 e. The van der Waals surface area contributed by atoms with Gasteiger partial charge in [-0.05, 0) is 31.0 Å². The molecule has 0 aliphatic rings. The Morgan fingerprint density at radius 1 is 1.33 bits per heavy atom. The first-order valence-electron chi connectivity index (χ1n) is 6.87. The lowest BCUT2D eigenvalue weighted by Gasteiger charge is -2.16. The summed E-state index contributed by atoms with van der Waals surface area (Å²) >= 11 is 0. The predicted molar refractivity (Wildman–Crippen MR) is 83.6 cm³/mol. The summed E-state index contributed by atoms with van der Waals surface area (Å²) in [6.45, 7) is 4.11. The van der Waals surface area contributed by atoms with Crippen molar-refractivity contribution in [3.63, 3.8) is 0 Å². The summed E-state index contributed by atoms with van der Waals surface area (Å²) in [5, 5.41) is 0. The first-order chi connectivity index (χ1) is 9.98. The number of benzene rings is 1. The van der Waals surface area contributed by atoms with Crippen molar-refractivity contribution in [3.8, 4) is 17.6 Å². The molecule has 1 rings (SSSR count). The van der Waals surface area contributed by atoms with Crippen molar-refractivity contribution in [2.45, 2.75) is 37.6 Å². The van der Waals surface area contributed by atoms with Crippen LogP contribution >= 0.6 is 0 Å². The van der Waals surface area contributed by atoms with Crippen molar-refractivity contribution in [2.24, 2.45) is 5.73 Å². The predicted octanol–water partition coefficient (Wildman–Crippen LogP) is 1.47. The first-order valence-corrected chi connectivity index (χ1v) is 8.36. The van der Waals surface area contributed by atoms with Crippen molar-refractivity contribution >= 4 is 10.0 Å². The number of sulfonamides is 1. The second kappa shape index (κ2) is 8.03. The molecule has 0 bridgehead atoms. The van der Waals surface area contributed by atoms with Gasteiger partial charge < -0.3 is 10.5 Å². The number of ether oxygens (including phenoxy) is 1. The molecular formula is C15H22N2O3S. The van der Waals surface area contributed by atoms with Gasteiger partial charge in [0.25, 0.3) is 0 Å². The fourth-order valence-electron chi connectivity index (χ4n) is 1.86. The highest BCUT2D eigenvalue weighted by atomic mass is 32.2. The number of nitrogens with one attached hydrogen (secondary N) is 1. The Hall–Kier alpha value is -1.55. The van der Waals surface area contributed by atoms with Gasteiger partial charge in [-0.3, -0.25) is 0 Å². The summed E-state index contributed by atoms with van der Waals surface area (Å²) in [6, 6.07) is 4.71. The second-order valence-electron chi connectivity index (χ2n) is 4.51. The van der Waals surface area contributed by atoms with E-state index < -0.39 is 10.0 Å². The van der Waals surface area contributed by atoms with Crippen molar-refractivity contribution in [1.82, 2.24) is 4.72 Å². The number of nitrogens with two attached hydrogens (primary N) is 1. The Bertz CT molecular complexity index is 626. The quantitative estimate of drug-likeness (QED) is 0.780. The van der Waals surface area contributed by atoms with Gasteiger partial charge in [-0.15, -0.1) is 0 Å². The summed E-state index contributed by atoms with van der Waals surface area (Å²) in [5.41, 5.74) is 5.92. The van der Waals surface area contributed by atoms with Crippen LogP contribution in [0.25, 0.3) is 0 Å². The molecule has 0 saturated carbocycles. The van der Waals surface area contributed by atoms with Gasteiger partial charge in [0.1, 0.15) is 10.6 Å². The molecule has 0 unspecified atom stereocenters. The summed E-state index contributed by atoms with van der Waals surface area (Å²) in [4.78, 5) is 0.0979. The standard InChI is InChI=1S/C15H22N2O3S/c1-4-13(5-2)17-21(18,19)15-11-12(7-6-10-16)8-9-14(15)20-3/h8-9,11,13,17H,4-5,10,16H2,1-3H3. The third-order valence-electron chi connectivity index (χ3n) is 3.10. The number of methoxy groups -OCH3 is 1. The molecule has 116 valence electrons. The van der Waals surface area contributed by atoms with Crippen LogP contribution in [-0.4, -0.2) is 28.1 Å². The topological polar surface area (TPSA) is 81.4 Å². The highest BCUT2D eigenvalue weighted by Crippen LogP contribution is 2.25. The van der Waals surface area contributed by atoms with Crippen LogP contribution < -0.4 is 15.2 Å². The molecule has 1 aromatic rings. The first kappa shape index (κ1) is 17.5. The second-order valence-corrected chi connectivity index (χ2v) is 6.19. The van der Waals surface area contributed by atoms with Crippen LogP contribution in [0.1, 0.15) is 32.3 Å². The monoisotopic (exact) mass is 310 g/mol. The Morgan fingerprint density at radius 2 is 2.00 bits per heavy atom. The van der Waals surface area contributed by atoms with Crippen LogP contribution in [0.4, 0.5) is 0 Å². The van der Waals surface area contributed by atoms with Crippen molar-refractivity contribution in [2.75, 3.05) is 13.7 Å². The molecule has 1 aromatic carbocycles. The van der Waals surface area contributed by atoms with E-state index in [1.807, 2.05) is 13.8 Å². The van der Waals surface area contributed by atoms with Crippen LogP contribution in [0.5, 0.6) is 5.75 Å². The van der Waals surface area contributed by atoms with Gasteiger partial charge in [0.15, 0.2) is 0 Å². The molecular weight excluding hydrogens is 288 g/mol. The molecule has 0 heterocycles. The number of hydrogen-bond donors (Lipinski definition) is 2. The van der Waals surface area contributed by atoms with Crippen LogP contribution in [0.2, 0.25) is 0 Å². The third-order valence-corrected chi connectivity index (χ3v) is 4.64. The van der Waals surface area contributed by atoms with Gasteiger partial charge in [-0.25, -0.2) is 13.1 Å². The zero-order chi connectivity index (χ0) is 15.9. The highest BCUT2D eigenvalue weighted by molar-refractivity contribution is 7.89. The van der Waals surface area contributed by atoms with E-state index in [4.69, 9.17) is 10.5 Å². The molecule has 0 fully saturated rings. The molecule has 3 N–H and O–H groups in total. The molecule has 0 radical (unpaired) electrons. The van der Waals surface area contributed by atoms with E-state index in [-0.39, 0.29) is 17.5 Å². The molecule has 6 heteroatoms. The van der Waals surface area contributed by atoms with Gasteiger partial charge in [0, 0.05) is 11.6 Å². The van der Waals surface area contributed by atoms with E-state index in [9.17, 15) is 8.42 Å². The van der Waals surface area contributed by atoms with Crippen LogP contribution in [0.15, 0.2) is 23.1 Å². The Kier molecular flexibility index (Phi) is 6.69. The van der Waals surface area contributed by atoms with E-state index in [1.54, 1.807) is 12.1 Å². The van der Waals surface area contributed by atoms with Crippen LogP contribution in [-0.2, 0) is 10.0 Å². The van der Waals surface area contributed by atoms with Crippen LogP contribution in [0.3, 0.4) is 0 Å².